The smallest absolute Gasteiger partial charge is 0.408 e. The maximum Gasteiger partial charge on any atom is 0.408 e. The molecule has 0 aliphatic carbocycles. The first-order valence-corrected chi connectivity index (χ1v) is 30.8. The van der Waals surface area contributed by atoms with Crippen molar-refractivity contribution in [3.8, 4) is 0 Å². The molecule has 3 amide bonds. The first kappa shape index (κ1) is 69.3. The molecule has 0 radical (unpaired) electrons. The fraction of sp³-hybridized carbons (Fsp3) is 0.742. The molecular weight excluding hydrogens is 1120 g/mol. The largest absolute Gasteiger partial charge is 0.458 e. The van der Waals surface area contributed by atoms with Crippen LogP contribution < -0.4 is 21.9 Å². The third-order valence-corrected chi connectivity index (χ3v) is 15.4. The highest BCUT2D eigenvalue weighted by Gasteiger charge is 2.64. The number of aldehydes is 1. The Morgan fingerprint density at radius 3 is 1.92 bits per heavy atom. The van der Waals surface area contributed by atoms with Gasteiger partial charge in [0.05, 0.1) is 0 Å². The molecule has 1 aromatic heterocycles. The van der Waals surface area contributed by atoms with Crippen molar-refractivity contribution in [1.82, 2.24) is 25.1 Å². The van der Waals surface area contributed by atoms with Crippen molar-refractivity contribution in [2.45, 2.75) is 282 Å². The van der Waals surface area contributed by atoms with Crippen molar-refractivity contribution in [2.24, 2.45) is 0 Å². The van der Waals surface area contributed by atoms with E-state index in [9.17, 15) is 33.6 Å². The third-order valence-electron chi connectivity index (χ3n) is 15.4. The summed E-state index contributed by atoms with van der Waals surface area (Å²) in [5.74, 6) is -5.64. The molecule has 24 heteroatoms. The first-order valence-electron chi connectivity index (χ1n) is 30.8. The van der Waals surface area contributed by atoms with E-state index in [0.717, 1.165) is 47.6 Å². The van der Waals surface area contributed by atoms with E-state index < -0.39 is 137 Å². The lowest BCUT2D eigenvalue weighted by atomic mass is 9.97. The van der Waals surface area contributed by atoms with E-state index in [1.807, 2.05) is 13.8 Å². The van der Waals surface area contributed by atoms with Crippen molar-refractivity contribution in [3.05, 3.63) is 69.0 Å². The van der Waals surface area contributed by atoms with Gasteiger partial charge in [0.25, 0.3) is 5.56 Å². The molecule has 4 fully saturated rings. The van der Waals surface area contributed by atoms with Gasteiger partial charge in [-0.3, -0.25) is 28.7 Å². The number of amides is 3. The topological polar surface area (TPSA) is 286 Å². The van der Waals surface area contributed by atoms with Crippen LogP contribution in [0.4, 0.5) is 9.59 Å². The Hall–Kier alpha value is -5.76. The first-order chi connectivity index (χ1) is 40.7. The number of alkyl carbamates (subject to hydrolysis) is 2. The third kappa shape index (κ3) is 19.6. The molecule has 4 aliphatic rings. The number of rotatable bonds is 32. The number of likely N-dealkylation sites (N-methyl/N-ethyl adjacent to an activating group) is 1. The molecule has 6 rings (SSSR count). The summed E-state index contributed by atoms with van der Waals surface area (Å²) in [5, 5.41) is 5.38. The molecule has 0 spiro atoms. The second kappa shape index (κ2) is 31.4. The Morgan fingerprint density at radius 1 is 0.744 bits per heavy atom. The quantitative estimate of drug-likeness (QED) is 0.0271. The Labute approximate surface area is 504 Å². The molecule has 86 heavy (non-hydrogen) atoms. The Balaban J connectivity index is 1.38. The summed E-state index contributed by atoms with van der Waals surface area (Å²) in [6, 6.07) is 5.75. The zero-order valence-corrected chi connectivity index (χ0v) is 52.4. The van der Waals surface area contributed by atoms with Crippen LogP contribution in [0.25, 0.3) is 0 Å². The average Bonchev–Trinajstić information content (AvgIpc) is 1.71. The van der Waals surface area contributed by atoms with E-state index >= 15 is 4.79 Å². The second-order valence-electron chi connectivity index (χ2n) is 25.1. The molecule has 24 nitrogen and oxygen atoms in total. The van der Waals surface area contributed by atoms with Crippen LogP contribution in [0.15, 0.2) is 52.2 Å². The Bertz CT molecular complexity index is 2650. The van der Waals surface area contributed by atoms with E-state index in [-0.39, 0.29) is 25.9 Å². The minimum atomic E-state index is -2.04. The van der Waals surface area contributed by atoms with E-state index in [1.165, 1.54) is 58.2 Å². The molecule has 482 valence electrons. The van der Waals surface area contributed by atoms with Gasteiger partial charge in [-0.15, -0.1) is 0 Å². The van der Waals surface area contributed by atoms with E-state index in [0.29, 0.717) is 24.8 Å². The summed E-state index contributed by atoms with van der Waals surface area (Å²) in [6.07, 6.45) is 0.438. The number of carbonyl (C=O) groups is 6. The fourth-order valence-electron chi connectivity index (χ4n) is 11.1. The highest BCUT2D eigenvalue weighted by molar-refractivity contribution is 5.92. The molecule has 0 saturated carbocycles. The number of esters is 2. The number of hydrogen-bond acceptors (Lipinski definition) is 19. The molecule has 2 aromatic rings. The van der Waals surface area contributed by atoms with Crippen molar-refractivity contribution in [1.29, 1.82) is 0 Å². The Morgan fingerprint density at radius 2 is 1.34 bits per heavy atom. The zero-order valence-electron chi connectivity index (χ0n) is 52.4. The lowest BCUT2D eigenvalue weighted by molar-refractivity contribution is -0.275. The molecule has 4 aliphatic heterocycles. The minimum absolute atomic E-state index is 0.0886. The molecule has 0 bridgehead atoms. The van der Waals surface area contributed by atoms with Gasteiger partial charge < -0.3 is 67.6 Å². The van der Waals surface area contributed by atoms with E-state index in [1.54, 1.807) is 85.7 Å². The number of aromatic nitrogens is 2. The molecule has 3 N–H and O–H groups in total. The number of benzene rings is 1. The molecule has 0 unspecified atom stereocenters. The molecular formula is C62H95N5O19. The van der Waals surface area contributed by atoms with Crippen LogP contribution in [0.1, 0.15) is 191 Å². The molecule has 5 heterocycles. The van der Waals surface area contributed by atoms with Gasteiger partial charge in [0.15, 0.2) is 42.5 Å². The number of nitrogens with one attached hydrogen (secondary N) is 3. The van der Waals surface area contributed by atoms with E-state index in [2.05, 4.69) is 22.5 Å². The number of hydrogen-bond donors (Lipinski definition) is 3. The second-order valence-corrected chi connectivity index (χ2v) is 25.1. The molecule has 12 atom stereocenters. The number of H-pyrrole nitrogens is 1. The zero-order chi connectivity index (χ0) is 63.0. The van der Waals surface area contributed by atoms with Crippen LogP contribution in [0.2, 0.25) is 0 Å². The summed E-state index contributed by atoms with van der Waals surface area (Å²) in [6.45, 7) is 18.5. The summed E-state index contributed by atoms with van der Waals surface area (Å²) >= 11 is 0. The number of fused-ring (bicyclic) bond motifs is 2. The summed E-state index contributed by atoms with van der Waals surface area (Å²) < 4.78 is 70.5. The minimum Gasteiger partial charge on any atom is -0.458 e. The van der Waals surface area contributed by atoms with Crippen LogP contribution in [0.3, 0.4) is 0 Å². The van der Waals surface area contributed by atoms with Crippen LogP contribution in [0.5, 0.6) is 0 Å². The number of aromatic amines is 1. The van der Waals surface area contributed by atoms with Gasteiger partial charge in [-0.1, -0.05) is 128 Å². The summed E-state index contributed by atoms with van der Waals surface area (Å²) in [4.78, 5) is 114. The lowest BCUT2D eigenvalue weighted by Gasteiger charge is -2.39. The van der Waals surface area contributed by atoms with Crippen LogP contribution in [-0.4, -0.2) is 154 Å². The van der Waals surface area contributed by atoms with Crippen molar-refractivity contribution >= 4 is 36.3 Å². The van der Waals surface area contributed by atoms with E-state index in [4.69, 9.17) is 52.1 Å². The Kier molecular flexibility index (Phi) is 25.3. The number of unbranched alkanes of at least 4 members (excludes halogenated alkanes) is 12. The highest BCUT2D eigenvalue weighted by Crippen LogP contribution is 2.47. The van der Waals surface area contributed by atoms with Gasteiger partial charge in [0, 0.05) is 32.3 Å². The van der Waals surface area contributed by atoms with Crippen LogP contribution in [0, 0.1) is 0 Å². The van der Waals surface area contributed by atoms with Gasteiger partial charge in [-0.05, 0) is 80.2 Å². The summed E-state index contributed by atoms with van der Waals surface area (Å²) in [5.41, 5.74) is -3.07. The van der Waals surface area contributed by atoms with Crippen molar-refractivity contribution in [3.63, 3.8) is 0 Å². The standard InChI is InChI=1S/C62H95N5O19/c1-13-16-17-18-19-20-21-22-23-24-25-26-30-33-43(70)77-41(37-68)45(54(72)85-59(4,5)6)66(12)52(71)44(65-58(75)76-38-39-31-28-27-29-32-39)47(48-49-50(82-61(10,11)81-49)53(79-48)67-35-34-42(69)64-56(67)73)80-55-51-46(83-62(14-2,15-3)84-51)40(78-55)36-63-57(74)86-60(7,8)9/h27-29,31-32,34-35,37,40-41,44-51,53,55H,13-26,30,33,36,38H2,1-12H3,(H,63,74)(H,65,75)(H,64,69,73)/t40-,41+,44+,45+,46-,47+,48-,49-,50-,51-,53-,55+/m1/s1. The van der Waals surface area contributed by atoms with Crippen LogP contribution in [-0.2, 0) is 77.9 Å². The fourth-order valence-corrected chi connectivity index (χ4v) is 11.1. The normalized spacial score (nSPS) is 24.3. The molecule has 1 aromatic carbocycles. The van der Waals surface area contributed by atoms with Crippen molar-refractivity contribution < 1.29 is 80.9 Å². The SMILES string of the molecule is CCCCCCCCCCCCCCCC(=O)O[C@@H](C=O)[C@@H](C(=O)OC(C)(C)C)N(C)C(=O)[C@@H](NC(=O)OCc1ccccc1)[C@H](O[C@@H]1O[C@H](CNC(=O)OC(C)(C)C)[C@H]2OC(CC)(CC)O[C@@H]12)[C@H]1O[C@@H](n2ccc(=O)[nH]c2=O)[C@@H]2OC(C)(C)O[C@H]12. The predicted molar refractivity (Wildman–Crippen MR) is 312 cm³/mol. The van der Waals surface area contributed by atoms with Gasteiger partial charge >= 0.3 is 29.8 Å². The maximum atomic E-state index is 16.0. The highest BCUT2D eigenvalue weighted by atomic mass is 16.8. The number of carbonyl (C=O) groups excluding carboxylic acids is 6. The summed E-state index contributed by atoms with van der Waals surface area (Å²) in [7, 11) is 1.17. The number of ether oxygens (including phenoxy) is 11. The van der Waals surface area contributed by atoms with Gasteiger partial charge in [-0.2, -0.15) is 0 Å². The lowest BCUT2D eigenvalue weighted by Crippen LogP contribution is -2.64. The van der Waals surface area contributed by atoms with Gasteiger partial charge in [-0.25, -0.2) is 19.2 Å². The predicted octanol–water partition coefficient (Wildman–Crippen LogP) is 7.94. The van der Waals surface area contributed by atoms with Crippen molar-refractivity contribution in [2.75, 3.05) is 13.6 Å². The van der Waals surface area contributed by atoms with Crippen LogP contribution >= 0.6 is 0 Å². The average molecular weight is 1210 g/mol. The molecule has 4 saturated heterocycles. The monoisotopic (exact) mass is 1210 g/mol. The maximum absolute atomic E-state index is 16.0. The van der Waals surface area contributed by atoms with Gasteiger partial charge in [0.2, 0.25) is 5.91 Å². The van der Waals surface area contributed by atoms with Gasteiger partial charge in [0.1, 0.15) is 66.6 Å². The number of nitrogens with zero attached hydrogens (tertiary/aromatic N) is 2.